The number of carbonyl (C=O) groups is 2. The molecule has 1 heterocycles. The summed E-state index contributed by atoms with van der Waals surface area (Å²) in [5, 5.41) is 3.27. The van der Waals surface area contributed by atoms with E-state index >= 15 is 0 Å². The number of nitrogens with one attached hydrogen (secondary N) is 1. The van der Waals surface area contributed by atoms with Gasteiger partial charge in [0.1, 0.15) is 5.82 Å². The lowest BCUT2D eigenvalue weighted by Crippen LogP contribution is -2.39. The first kappa shape index (κ1) is 19.3. The second-order valence-corrected chi connectivity index (χ2v) is 8.44. The SMILES string of the molecule is CC1=C(C(=O)OC(C)C)C(c2cccc(F)c2)C2=C(CC(C)(C)CC2=O)N1. The lowest BCUT2D eigenvalue weighted by atomic mass is 9.68. The van der Waals surface area contributed by atoms with Crippen LogP contribution in [-0.2, 0) is 14.3 Å². The van der Waals surface area contributed by atoms with Crippen molar-refractivity contribution in [3.05, 3.63) is 58.2 Å². The van der Waals surface area contributed by atoms with E-state index in [1.165, 1.54) is 12.1 Å². The molecule has 1 unspecified atom stereocenters. The second-order valence-electron chi connectivity index (χ2n) is 8.44. The van der Waals surface area contributed by atoms with Crippen LogP contribution in [0, 0.1) is 11.2 Å². The summed E-state index contributed by atoms with van der Waals surface area (Å²) in [5.74, 6) is -1.50. The zero-order chi connectivity index (χ0) is 19.9. The Kier molecular flexibility index (Phi) is 4.98. The first-order chi connectivity index (χ1) is 12.6. The molecule has 1 aliphatic carbocycles. The lowest BCUT2D eigenvalue weighted by Gasteiger charge is -2.39. The van der Waals surface area contributed by atoms with Crippen LogP contribution in [0.1, 0.15) is 58.9 Å². The van der Waals surface area contributed by atoms with Crippen molar-refractivity contribution in [2.24, 2.45) is 5.41 Å². The molecule has 1 aromatic rings. The monoisotopic (exact) mass is 371 g/mol. The number of allylic oxidation sites excluding steroid dienone is 3. The molecule has 27 heavy (non-hydrogen) atoms. The van der Waals surface area contributed by atoms with Crippen molar-refractivity contribution < 1.29 is 18.7 Å². The summed E-state index contributed by atoms with van der Waals surface area (Å²) in [5.41, 5.74) is 2.84. The minimum atomic E-state index is -0.619. The molecule has 0 amide bonds. The van der Waals surface area contributed by atoms with Crippen LogP contribution in [-0.4, -0.2) is 17.9 Å². The molecular formula is C22H26FNO3. The number of dihydropyridines is 1. The van der Waals surface area contributed by atoms with E-state index in [0.717, 1.165) is 5.70 Å². The minimum absolute atomic E-state index is 0.00893. The van der Waals surface area contributed by atoms with Crippen LogP contribution in [0.5, 0.6) is 0 Å². The van der Waals surface area contributed by atoms with E-state index in [9.17, 15) is 14.0 Å². The molecule has 1 aliphatic heterocycles. The Labute approximate surface area is 159 Å². The van der Waals surface area contributed by atoms with Gasteiger partial charge in [-0.05, 0) is 50.3 Å². The summed E-state index contributed by atoms with van der Waals surface area (Å²) in [6.07, 6.45) is 0.802. The standard InChI is InChI=1S/C22H26FNO3/c1-12(2)27-21(26)18-13(3)24-16-10-22(4,5)11-17(25)20(16)19(18)14-7-6-8-15(23)9-14/h6-9,12,19,24H,10-11H2,1-5H3. The molecule has 0 fully saturated rings. The fourth-order valence-corrected chi connectivity index (χ4v) is 4.00. The van der Waals surface area contributed by atoms with Crippen molar-refractivity contribution in [2.75, 3.05) is 0 Å². The predicted octanol–water partition coefficient (Wildman–Crippen LogP) is 4.38. The van der Waals surface area contributed by atoms with E-state index in [1.54, 1.807) is 32.9 Å². The Bertz CT molecular complexity index is 864. The van der Waals surface area contributed by atoms with E-state index in [1.807, 2.05) is 0 Å². The Balaban J connectivity index is 2.17. The van der Waals surface area contributed by atoms with Gasteiger partial charge in [0.15, 0.2) is 5.78 Å². The van der Waals surface area contributed by atoms with Gasteiger partial charge in [-0.1, -0.05) is 26.0 Å². The Morgan fingerprint density at radius 3 is 2.63 bits per heavy atom. The highest BCUT2D eigenvalue weighted by molar-refractivity contribution is 6.04. The molecule has 0 saturated heterocycles. The van der Waals surface area contributed by atoms with E-state index in [-0.39, 0.29) is 17.3 Å². The van der Waals surface area contributed by atoms with Gasteiger partial charge >= 0.3 is 5.97 Å². The first-order valence-corrected chi connectivity index (χ1v) is 9.29. The van der Waals surface area contributed by atoms with Gasteiger partial charge in [0.05, 0.1) is 11.7 Å². The molecule has 4 nitrogen and oxygen atoms in total. The number of ketones is 1. The zero-order valence-corrected chi connectivity index (χ0v) is 16.5. The maximum atomic E-state index is 14.0. The summed E-state index contributed by atoms with van der Waals surface area (Å²) in [6, 6.07) is 6.11. The van der Waals surface area contributed by atoms with E-state index in [2.05, 4.69) is 19.2 Å². The van der Waals surface area contributed by atoms with Gasteiger partial charge in [0, 0.05) is 29.3 Å². The van der Waals surface area contributed by atoms with E-state index in [0.29, 0.717) is 35.2 Å². The van der Waals surface area contributed by atoms with Crippen molar-refractivity contribution in [3.63, 3.8) is 0 Å². The molecule has 3 rings (SSSR count). The highest BCUT2D eigenvalue weighted by atomic mass is 19.1. The summed E-state index contributed by atoms with van der Waals surface area (Å²) < 4.78 is 19.4. The summed E-state index contributed by atoms with van der Waals surface area (Å²) in [6.45, 7) is 9.46. The van der Waals surface area contributed by atoms with Crippen LogP contribution in [0.3, 0.4) is 0 Å². The van der Waals surface area contributed by atoms with Crippen LogP contribution in [0.25, 0.3) is 0 Å². The van der Waals surface area contributed by atoms with Gasteiger partial charge < -0.3 is 10.1 Å². The van der Waals surface area contributed by atoms with Crippen LogP contribution < -0.4 is 5.32 Å². The maximum Gasteiger partial charge on any atom is 0.337 e. The van der Waals surface area contributed by atoms with Gasteiger partial charge in [-0.15, -0.1) is 0 Å². The van der Waals surface area contributed by atoms with Gasteiger partial charge in [-0.25, -0.2) is 9.18 Å². The highest BCUT2D eigenvalue weighted by Crippen LogP contribution is 2.46. The normalized spacial score (nSPS) is 21.9. The molecule has 1 atom stereocenters. The van der Waals surface area contributed by atoms with Crippen molar-refractivity contribution in [1.82, 2.24) is 5.32 Å². The fourth-order valence-electron chi connectivity index (χ4n) is 4.00. The molecule has 0 spiro atoms. The van der Waals surface area contributed by atoms with Crippen molar-refractivity contribution >= 4 is 11.8 Å². The van der Waals surface area contributed by atoms with Gasteiger partial charge in [-0.3, -0.25) is 4.79 Å². The summed E-state index contributed by atoms with van der Waals surface area (Å²) in [7, 11) is 0. The fraction of sp³-hybridized carbons (Fsp3) is 0.455. The molecule has 1 N–H and O–H groups in total. The number of rotatable bonds is 3. The Morgan fingerprint density at radius 2 is 2.00 bits per heavy atom. The molecular weight excluding hydrogens is 345 g/mol. The number of esters is 1. The van der Waals surface area contributed by atoms with Crippen molar-refractivity contribution in [3.8, 4) is 0 Å². The lowest BCUT2D eigenvalue weighted by molar-refractivity contribution is -0.143. The molecule has 1 aromatic carbocycles. The van der Waals surface area contributed by atoms with Crippen LogP contribution in [0.15, 0.2) is 46.8 Å². The van der Waals surface area contributed by atoms with Crippen LogP contribution in [0.4, 0.5) is 4.39 Å². The van der Waals surface area contributed by atoms with E-state index in [4.69, 9.17) is 4.74 Å². The number of hydrogen-bond donors (Lipinski definition) is 1. The molecule has 144 valence electrons. The number of halogens is 1. The van der Waals surface area contributed by atoms with E-state index < -0.39 is 17.7 Å². The van der Waals surface area contributed by atoms with Crippen LogP contribution in [0.2, 0.25) is 0 Å². The molecule has 0 aromatic heterocycles. The summed E-state index contributed by atoms with van der Waals surface area (Å²) in [4.78, 5) is 25.9. The molecule has 5 heteroatoms. The third-order valence-corrected chi connectivity index (χ3v) is 4.98. The molecule has 2 aliphatic rings. The largest absolute Gasteiger partial charge is 0.460 e. The molecule has 0 bridgehead atoms. The van der Waals surface area contributed by atoms with Crippen LogP contribution >= 0.6 is 0 Å². The third kappa shape index (κ3) is 3.82. The third-order valence-electron chi connectivity index (χ3n) is 4.98. The topological polar surface area (TPSA) is 55.4 Å². The van der Waals surface area contributed by atoms with Gasteiger partial charge in [-0.2, -0.15) is 0 Å². The Hall–Kier alpha value is -2.43. The van der Waals surface area contributed by atoms with Crippen molar-refractivity contribution in [2.45, 2.75) is 59.5 Å². The number of hydrogen-bond acceptors (Lipinski definition) is 4. The average Bonchev–Trinajstić information content (AvgIpc) is 2.51. The van der Waals surface area contributed by atoms with Gasteiger partial charge in [0.25, 0.3) is 0 Å². The molecule has 0 radical (unpaired) electrons. The Morgan fingerprint density at radius 1 is 1.30 bits per heavy atom. The van der Waals surface area contributed by atoms with Crippen molar-refractivity contribution in [1.29, 1.82) is 0 Å². The first-order valence-electron chi connectivity index (χ1n) is 9.29. The summed E-state index contributed by atoms with van der Waals surface area (Å²) >= 11 is 0. The number of carbonyl (C=O) groups excluding carboxylic acids is 2. The zero-order valence-electron chi connectivity index (χ0n) is 16.5. The smallest absolute Gasteiger partial charge is 0.337 e. The quantitative estimate of drug-likeness (QED) is 0.801. The minimum Gasteiger partial charge on any atom is -0.460 e. The predicted molar refractivity (Wildman–Crippen MR) is 101 cm³/mol. The van der Waals surface area contributed by atoms with Gasteiger partial charge in [0.2, 0.25) is 0 Å². The second kappa shape index (κ2) is 6.95. The highest BCUT2D eigenvalue weighted by Gasteiger charge is 2.43. The number of benzene rings is 1. The average molecular weight is 371 g/mol. The molecule has 0 saturated carbocycles. The maximum absolute atomic E-state index is 14.0. The number of Topliss-reactive ketones (excluding diaryl/α,β-unsaturated/α-hetero) is 1. The number of ether oxygens (including phenoxy) is 1.